The number of hydrogen-bond donors (Lipinski definition) is 2. The second-order valence-electron chi connectivity index (χ2n) is 4.47. The van der Waals surface area contributed by atoms with Gasteiger partial charge < -0.3 is 10.6 Å². The van der Waals surface area contributed by atoms with E-state index < -0.39 is 0 Å². The van der Waals surface area contributed by atoms with Crippen LogP contribution in [0.1, 0.15) is 37.0 Å². The number of aromatic nitrogens is 1. The van der Waals surface area contributed by atoms with Crippen molar-refractivity contribution in [2.24, 2.45) is 0 Å². The first-order valence-corrected chi connectivity index (χ1v) is 7.10. The van der Waals surface area contributed by atoms with Crippen LogP contribution in [0.2, 0.25) is 0 Å². The molecule has 2 rings (SSSR count). The maximum atomic E-state index is 11.7. The molecule has 5 heteroatoms. The van der Waals surface area contributed by atoms with Gasteiger partial charge in [-0.25, -0.2) is 0 Å². The zero-order chi connectivity index (χ0) is 11.9. The lowest BCUT2D eigenvalue weighted by molar-refractivity contribution is -0.121. The number of rotatable bonds is 5. The fourth-order valence-electron chi connectivity index (χ4n) is 2.15. The molecule has 1 heterocycles. The molecule has 1 aliphatic carbocycles. The number of hydrogen-bond acceptors (Lipinski definition) is 4. The molecule has 17 heavy (non-hydrogen) atoms. The van der Waals surface area contributed by atoms with Gasteiger partial charge in [0.05, 0.1) is 12.1 Å². The number of amides is 1. The van der Waals surface area contributed by atoms with E-state index in [0.29, 0.717) is 12.6 Å². The predicted molar refractivity (Wildman–Crippen MR) is 68.8 cm³/mol. The zero-order valence-electron chi connectivity index (χ0n) is 9.95. The van der Waals surface area contributed by atoms with Crippen LogP contribution in [0.3, 0.4) is 0 Å². The lowest BCUT2D eigenvalue weighted by Gasteiger charge is -2.22. The predicted octanol–water partition coefficient (Wildman–Crippen LogP) is 1.68. The van der Waals surface area contributed by atoms with E-state index in [-0.39, 0.29) is 5.91 Å². The summed E-state index contributed by atoms with van der Waals surface area (Å²) in [6.07, 6.45) is 7.92. The minimum atomic E-state index is 0.112. The molecule has 1 saturated carbocycles. The molecule has 1 aromatic rings. The highest BCUT2D eigenvalue weighted by Gasteiger charge is 2.15. The van der Waals surface area contributed by atoms with Gasteiger partial charge in [-0.2, -0.15) is 0 Å². The summed E-state index contributed by atoms with van der Waals surface area (Å²) in [5.41, 5.74) is 1.80. The number of carbonyl (C=O) groups is 1. The fraction of sp³-hybridized carbons (Fsp3) is 0.667. The summed E-state index contributed by atoms with van der Waals surface area (Å²) in [5.74, 6) is 0.112. The van der Waals surface area contributed by atoms with Gasteiger partial charge >= 0.3 is 0 Å². The van der Waals surface area contributed by atoms with Crippen LogP contribution in [0, 0.1) is 0 Å². The van der Waals surface area contributed by atoms with Gasteiger partial charge in [-0.1, -0.05) is 19.3 Å². The quantitative estimate of drug-likeness (QED) is 0.839. The molecule has 0 aromatic carbocycles. The van der Waals surface area contributed by atoms with E-state index >= 15 is 0 Å². The van der Waals surface area contributed by atoms with Gasteiger partial charge in [0, 0.05) is 23.7 Å². The molecule has 94 valence electrons. The second-order valence-corrected chi connectivity index (χ2v) is 5.44. The van der Waals surface area contributed by atoms with Gasteiger partial charge in [-0.3, -0.25) is 9.78 Å². The largest absolute Gasteiger partial charge is 0.352 e. The van der Waals surface area contributed by atoms with E-state index in [9.17, 15) is 4.79 Å². The summed E-state index contributed by atoms with van der Waals surface area (Å²) in [6, 6.07) is 0.404. The molecular weight excluding hydrogens is 234 g/mol. The number of nitrogens with zero attached hydrogens (tertiary/aromatic N) is 1. The highest BCUT2D eigenvalue weighted by molar-refractivity contribution is 7.09. The van der Waals surface area contributed by atoms with Gasteiger partial charge in [-0.15, -0.1) is 11.3 Å². The van der Waals surface area contributed by atoms with E-state index in [1.54, 1.807) is 16.8 Å². The van der Waals surface area contributed by atoms with E-state index in [1.165, 1.54) is 19.3 Å². The Labute approximate surface area is 106 Å². The Morgan fingerprint density at radius 1 is 1.41 bits per heavy atom. The highest BCUT2D eigenvalue weighted by Crippen LogP contribution is 2.17. The fourth-order valence-corrected chi connectivity index (χ4v) is 2.72. The Morgan fingerprint density at radius 3 is 2.94 bits per heavy atom. The van der Waals surface area contributed by atoms with Crippen LogP contribution in [0.25, 0.3) is 0 Å². The van der Waals surface area contributed by atoms with Crippen LogP contribution in [-0.2, 0) is 11.3 Å². The smallest absolute Gasteiger partial charge is 0.234 e. The van der Waals surface area contributed by atoms with Crippen molar-refractivity contribution >= 4 is 17.2 Å². The SMILES string of the molecule is O=C(CNCc1cncs1)NC1CCCCC1. The van der Waals surface area contributed by atoms with Crippen molar-refractivity contribution in [3.05, 3.63) is 16.6 Å². The van der Waals surface area contributed by atoms with Gasteiger partial charge in [0.25, 0.3) is 0 Å². The monoisotopic (exact) mass is 253 g/mol. The minimum Gasteiger partial charge on any atom is -0.352 e. The third-order valence-corrected chi connectivity index (χ3v) is 3.82. The summed E-state index contributed by atoms with van der Waals surface area (Å²) >= 11 is 1.60. The van der Waals surface area contributed by atoms with Crippen molar-refractivity contribution in [2.45, 2.75) is 44.7 Å². The zero-order valence-corrected chi connectivity index (χ0v) is 10.8. The molecule has 0 spiro atoms. The molecule has 0 bridgehead atoms. The van der Waals surface area contributed by atoms with E-state index in [0.717, 1.165) is 24.3 Å². The molecular formula is C12H19N3OS. The molecule has 1 aromatic heterocycles. The Balaban J connectivity index is 1.60. The molecule has 0 atom stereocenters. The maximum absolute atomic E-state index is 11.7. The Morgan fingerprint density at radius 2 is 2.24 bits per heavy atom. The van der Waals surface area contributed by atoms with Gasteiger partial charge in [0.15, 0.2) is 0 Å². The molecule has 0 radical (unpaired) electrons. The number of thiazole rings is 1. The van der Waals surface area contributed by atoms with Crippen molar-refractivity contribution in [3.63, 3.8) is 0 Å². The summed E-state index contributed by atoms with van der Waals surface area (Å²) < 4.78 is 0. The minimum absolute atomic E-state index is 0.112. The summed E-state index contributed by atoms with van der Waals surface area (Å²) in [5, 5.41) is 6.22. The van der Waals surface area contributed by atoms with Crippen molar-refractivity contribution in [2.75, 3.05) is 6.54 Å². The normalized spacial score (nSPS) is 16.9. The van der Waals surface area contributed by atoms with Crippen LogP contribution in [0.15, 0.2) is 11.7 Å². The molecule has 1 fully saturated rings. The Kier molecular flexibility index (Phi) is 4.94. The Hall–Kier alpha value is -0.940. The Bertz CT molecular complexity index is 334. The number of carbonyl (C=O) groups excluding carboxylic acids is 1. The lowest BCUT2D eigenvalue weighted by atomic mass is 9.95. The first-order chi connectivity index (χ1) is 8.34. The molecule has 0 unspecified atom stereocenters. The lowest BCUT2D eigenvalue weighted by Crippen LogP contribution is -2.41. The number of nitrogens with one attached hydrogen (secondary N) is 2. The average molecular weight is 253 g/mol. The topological polar surface area (TPSA) is 54.0 Å². The first-order valence-electron chi connectivity index (χ1n) is 6.22. The van der Waals surface area contributed by atoms with Crippen molar-refractivity contribution in [3.8, 4) is 0 Å². The van der Waals surface area contributed by atoms with Crippen LogP contribution >= 0.6 is 11.3 Å². The van der Waals surface area contributed by atoms with Crippen LogP contribution in [-0.4, -0.2) is 23.5 Å². The average Bonchev–Trinajstić information content (AvgIpc) is 2.83. The molecule has 0 saturated heterocycles. The summed E-state index contributed by atoms with van der Waals surface area (Å²) in [6.45, 7) is 1.12. The third kappa shape index (κ3) is 4.44. The molecule has 4 nitrogen and oxygen atoms in total. The van der Waals surface area contributed by atoms with Gasteiger partial charge in [0.1, 0.15) is 0 Å². The van der Waals surface area contributed by atoms with Crippen LogP contribution in [0.5, 0.6) is 0 Å². The third-order valence-electron chi connectivity index (χ3n) is 3.04. The van der Waals surface area contributed by atoms with Gasteiger partial charge in [0.2, 0.25) is 5.91 Å². The van der Waals surface area contributed by atoms with E-state index in [4.69, 9.17) is 0 Å². The van der Waals surface area contributed by atoms with Gasteiger partial charge in [-0.05, 0) is 12.8 Å². The van der Waals surface area contributed by atoms with Crippen molar-refractivity contribution in [1.82, 2.24) is 15.6 Å². The van der Waals surface area contributed by atoms with Crippen molar-refractivity contribution in [1.29, 1.82) is 0 Å². The molecule has 0 aliphatic heterocycles. The highest BCUT2D eigenvalue weighted by atomic mass is 32.1. The maximum Gasteiger partial charge on any atom is 0.234 e. The first kappa shape index (κ1) is 12.5. The molecule has 2 N–H and O–H groups in total. The summed E-state index contributed by atoms with van der Waals surface area (Å²) in [7, 11) is 0. The molecule has 1 aliphatic rings. The van der Waals surface area contributed by atoms with E-state index in [1.807, 2.05) is 6.20 Å². The summed E-state index contributed by atoms with van der Waals surface area (Å²) in [4.78, 5) is 16.8. The van der Waals surface area contributed by atoms with Crippen molar-refractivity contribution < 1.29 is 4.79 Å². The standard InChI is InChI=1S/C12H19N3OS/c16-12(15-10-4-2-1-3-5-10)8-13-6-11-7-14-9-17-11/h7,9-10,13H,1-6,8H2,(H,15,16). The van der Waals surface area contributed by atoms with Crippen LogP contribution < -0.4 is 10.6 Å². The van der Waals surface area contributed by atoms with Crippen LogP contribution in [0.4, 0.5) is 0 Å². The second kappa shape index (κ2) is 6.71. The molecule has 1 amide bonds. The van der Waals surface area contributed by atoms with E-state index in [2.05, 4.69) is 15.6 Å².